The highest BCUT2D eigenvalue weighted by molar-refractivity contribution is 5.88. The first kappa shape index (κ1) is 19.2. The van der Waals surface area contributed by atoms with E-state index in [9.17, 15) is 9.59 Å². The second kappa shape index (κ2) is 7.64. The van der Waals surface area contributed by atoms with Crippen LogP contribution < -0.4 is 5.73 Å². The summed E-state index contributed by atoms with van der Waals surface area (Å²) in [6.07, 6.45) is 4.15. The third-order valence-electron chi connectivity index (χ3n) is 5.03. The van der Waals surface area contributed by atoms with Crippen molar-refractivity contribution >= 4 is 24.2 Å². The zero-order valence-corrected chi connectivity index (χ0v) is 14.8. The van der Waals surface area contributed by atoms with E-state index >= 15 is 0 Å². The van der Waals surface area contributed by atoms with Crippen molar-refractivity contribution in [2.24, 2.45) is 11.1 Å². The summed E-state index contributed by atoms with van der Waals surface area (Å²) in [6.45, 7) is 8.23. The minimum Gasteiger partial charge on any atom is -0.340 e. The number of amides is 2. The van der Waals surface area contributed by atoms with Crippen LogP contribution in [0, 0.1) is 5.41 Å². The zero-order chi connectivity index (χ0) is 15.6. The van der Waals surface area contributed by atoms with Crippen LogP contribution in [0.3, 0.4) is 0 Å². The fourth-order valence-corrected chi connectivity index (χ4v) is 3.46. The van der Waals surface area contributed by atoms with Crippen LogP contribution >= 0.6 is 12.4 Å². The van der Waals surface area contributed by atoms with Crippen molar-refractivity contribution in [2.75, 3.05) is 19.6 Å². The summed E-state index contributed by atoms with van der Waals surface area (Å²) >= 11 is 0. The van der Waals surface area contributed by atoms with Gasteiger partial charge in [-0.1, -0.05) is 20.8 Å². The van der Waals surface area contributed by atoms with E-state index in [4.69, 9.17) is 5.73 Å². The Hall–Kier alpha value is -0.810. The maximum atomic E-state index is 12.9. The van der Waals surface area contributed by atoms with Gasteiger partial charge in [0.15, 0.2) is 0 Å². The van der Waals surface area contributed by atoms with Gasteiger partial charge < -0.3 is 15.5 Å². The number of nitrogens with two attached hydrogens (primary N) is 1. The van der Waals surface area contributed by atoms with Gasteiger partial charge in [0.2, 0.25) is 11.8 Å². The topological polar surface area (TPSA) is 66.6 Å². The van der Waals surface area contributed by atoms with E-state index in [1.165, 1.54) is 0 Å². The molecule has 22 heavy (non-hydrogen) atoms. The summed E-state index contributed by atoms with van der Waals surface area (Å²) in [4.78, 5) is 28.7. The highest BCUT2D eigenvalue weighted by atomic mass is 35.5. The summed E-state index contributed by atoms with van der Waals surface area (Å²) < 4.78 is 0. The lowest BCUT2D eigenvalue weighted by atomic mass is 9.79. The number of hydrogen-bond donors (Lipinski definition) is 1. The van der Waals surface area contributed by atoms with Crippen LogP contribution in [0.25, 0.3) is 0 Å². The number of hydrogen-bond acceptors (Lipinski definition) is 3. The van der Waals surface area contributed by atoms with E-state index in [1.807, 2.05) is 11.8 Å². The summed E-state index contributed by atoms with van der Waals surface area (Å²) in [5.74, 6) is 0.220. The lowest BCUT2D eigenvalue weighted by Gasteiger charge is -2.45. The summed E-state index contributed by atoms with van der Waals surface area (Å²) in [7, 11) is 0. The molecular formula is C16H30ClN3O2. The number of nitrogens with zero attached hydrogens (tertiary/aromatic N) is 2. The van der Waals surface area contributed by atoms with E-state index in [-0.39, 0.29) is 41.7 Å². The van der Waals surface area contributed by atoms with Crippen molar-refractivity contribution in [2.45, 2.75) is 65.0 Å². The normalized spacial score (nSPS) is 28.0. The number of piperidine rings is 2. The molecule has 2 aliphatic heterocycles. The Bertz CT molecular complexity index is 414. The quantitative estimate of drug-likeness (QED) is 0.838. The molecule has 2 aliphatic rings. The number of carbonyl (C=O) groups excluding carboxylic acids is 2. The second-order valence-electron chi connectivity index (χ2n) is 7.10. The zero-order valence-electron chi connectivity index (χ0n) is 14.0. The molecule has 6 heteroatoms. The lowest BCUT2D eigenvalue weighted by molar-refractivity contribution is -0.149. The molecule has 0 spiro atoms. The molecule has 0 aromatic heterocycles. The molecule has 2 unspecified atom stereocenters. The Kier molecular flexibility index (Phi) is 6.68. The summed E-state index contributed by atoms with van der Waals surface area (Å²) in [6, 6.07) is -0.113. The average molecular weight is 332 g/mol. The van der Waals surface area contributed by atoms with Gasteiger partial charge in [0, 0.05) is 32.1 Å². The maximum Gasteiger partial charge on any atom is 0.245 e. The van der Waals surface area contributed by atoms with Crippen LogP contribution in [0.15, 0.2) is 0 Å². The lowest BCUT2D eigenvalue weighted by Crippen LogP contribution is -2.59. The van der Waals surface area contributed by atoms with Crippen LogP contribution in [0.4, 0.5) is 0 Å². The highest BCUT2D eigenvalue weighted by Gasteiger charge is 2.40. The molecule has 5 nitrogen and oxygen atoms in total. The first-order chi connectivity index (χ1) is 9.86. The average Bonchev–Trinajstić information content (AvgIpc) is 2.48. The van der Waals surface area contributed by atoms with Crippen LogP contribution in [0.1, 0.15) is 52.9 Å². The van der Waals surface area contributed by atoms with Gasteiger partial charge in [0.1, 0.15) is 6.04 Å². The predicted molar refractivity (Wildman–Crippen MR) is 89.8 cm³/mol. The van der Waals surface area contributed by atoms with Crippen molar-refractivity contribution in [3.8, 4) is 0 Å². The minimum atomic E-state index is -0.253. The Morgan fingerprint density at radius 3 is 2.45 bits per heavy atom. The van der Waals surface area contributed by atoms with Gasteiger partial charge in [-0.2, -0.15) is 0 Å². The molecule has 0 aromatic carbocycles. The van der Waals surface area contributed by atoms with E-state index in [2.05, 4.69) is 13.8 Å². The van der Waals surface area contributed by atoms with E-state index in [0.29, 0.717) is 19.5 Å². The smallest absolute Gasteiger partial charge is 0.245 e. The first-order valence-electron chi connectivity index (χ1n) is 8.20. The van der Waals surface area contributed by atoms with E-state index in [0.717, 1.165) is 32.2 Å². The molecule has 2 N–H and O–H groups in total. The van der Waals surface area contributed by atoms with Crippen LogP contribution in [-0.4, -0.2) is 53.3 Å². The van der Waals surface area contributed by atoms with Gasteiger partial charge in [0.25, 0.3) is 0 Å². The summed E-state index contributed by atoms with van der Waals surface area (Å²) in [5, 5.41) is 0. The summed E-state index contributed by atoms with van der Waals surface area (Å²) in [5.41, 5.74) is 6.09. The molecule has 2 fully saturated rings. The molecule has 2 rings (SSSR count). The molecule has 2 atom stereocenters. The molecule has 0 aromatic rings. The monoisotopic (exact) mass is 331 g/mol. The Morgan fingerprint density at radius 1 is 1.18 bits per heavy atom. The molecule has 128 valence electrons. The SMILES string of the molecule is CCC(=O)N1CCCCC1C(=O)N1CCC(N)C(C)(C)C1.Cl. The highest BCUT2D eigenvalue weighted by Crippen LogP contribution is 2.29. The molecule has 0 saturated carbocycles. The van der Waals surface area contributed by atoms with E-state index in [1.54, 1.807) is 4.90 Å². The molecule has 0 aliphatic carbocycles. The van der Waals surface area contributed by atoms with Gasteiger partial charge in [-0.15, -0.1) is 12.4 Å². The molecule has 0 bridgehead atoms. The Labute approximate surface area is 140 Å². The third kappa shape index (κ3) is 3.93. The fourth-order valence-electron chi connectivity index (χ4n) is 3.46. The minimum absolute atomic E-state index is 0. The Balaban J connectivity index is 0.00000242. The van der Waals surface area contributed by atoms with Gasteiger partial charge in [-0.3, -0.25) is 9.59 Å². The number of halogens is 1. The molecule has 2 heterocycles. The second-order valence-corrected chi connectivity index (χ2v) is 7.10. The number of likely N-dealkylation sites (tertiary alicyclic amines) is 2. The van der Waals surface area contributed by atoms with Gasteiger partial charge >= 0.3 is 0 Å². The van der Waals surface area contributed by atoms with Crippen molar-refractivity contribution < 1.29 is 9.59 Å². The third-order valence-corrected chi connectivity index (χ3v) is 5.03. The Morgan fingerprint density at radius 2 is 1.86 bits per heavy atom. The predicted octanol–water partition coefficient (Wildman–Crippen LogP) is 1.79. The van der Waals surface area contributed by atoms with Crippen molar-refractivity contribution in [3.63, 3.8) is 0 Å². The van der Waals surface area contributed by atoms with Crippen molar-refractivity contribution in [1.82, 2.24) is 9.80 Å². The maximum absolute atomic E-state index is 12.9. The van der Waals surface area contributed by atoms with Crippen molar-refractivity contribution in [3.05, 3.63) is 0 Å². The number of rotatable bonds is 2. The first-order valence-corrected chi connectivity index (χ1v) is 8.20. The largest absolute Gasteiger partial charge is 0.340 e. The van der Waals surface area contributed by atoms with Crippen molar-refractivity contribution in [1.29, 1.82) is 0 Å². The van der Waals surface area contributed by atoms with Gasteiger partial charge in [-0.25, -0.2) is 0 Å². The molecular weight excluding hydrogens is 302 g/mol. The molecule has 2 amide bonds. The molecule has 2 saturated heterocycles. The van der Waals surface area contributed by atoms with Crippen LogP contribution in [0.2, 0.25) is 0 Å². The van der Waals surface area contributed by atoms with Gasteiger partial charge in [0.05, 0.1) is 0 Å². The van der Waals surface area contributed by atoms with Crippen LogP contribution in [0.5, 0.6) is 0 Å². The number of carbonyl (C=O) groups is 2. The standard InChI is InChI=1S/C16H29N3O2.ClH/c1-4-14(20)19-9-6-5-7-12(19)15(21)18-10-8-13(17)16(2,3)11-18;/h12-13H,4-11,17H2,1-3H3;1H. The fraction of sp³-hybridized carbons (Fsp3) is 0.875. The van der Waals surface area contributed by atoms with Gasteiger partial charge in [-0.05, 0) is 31.1 Å². The van der Waals surface area contributed by atoms with Crippen LogP contribution in [-0.2, 0) is 9.59 Å². The van der Waals surface area contributed by atoms with E-state index < -0.39 is 0 Å². The molecule has 0 radical (unpaired) electrons.